The maximum atomic E-state index is 12.6. The van der Waals surface area contributed by atoms with E-state index < -0.39 is 35.3 Å². The van der Waals surface area contributed by atoms with E-state index in [1.807, 2.05) is 0 Å². The summed E-state index contributed by atoms with van der Waals surface area (Å²) >= 11 is -4.15. The first kappa shape index (κ1) is 13.8. The second-order valence-electron chi connectivity index (χ2n) is 2.64. The molecule has 0 heterocycles. The zero-order valence-electron chi connectivity index (χ0n) is 7.01. The maximum Gasteiger partial charge on any atom is 0.371 e. The number of aliphatic hydroxyl groups is 1. The summed E-state index contributed by atoms with van der Waals surface area (Å²) in [5, 5.41) is 3.17. The maximum absolute atomic E-state index is 12.6. The van der Waals surface area contributed by atoms with Crippen molar-refractivity contribution in [1.82, 2.24) is 0 Å². The number of rotatable bonds is 6. The van der Waals surface area contributed by atoms with E-state index in [1.54, 1.807) is 0 Å². The number of hydrogen-bond acceptors (Lipinski definition) is 3. The quantitative estimate of drug-likeness (QED) is 0.429. The van der Waals surface area contributed by atoms with Crippen LogP contribution in [0.5, 0.6) is 0 Å². The fourth-order valence-electron chi connectivity index (χ4n) is 0.726. The molecule has 1 unspecified atom stereocenters. The summed E-state index contributed by atoms with van der Waals surface area (Å²) in [4.78, 5) is 0. The van der Waals surface area contributed by atoms with Gasteiger partial charge in [0.05, 0.1) is 0 Å². The number of halogens is 4. The van der Waals surface area contributed by atoms with Crippen molar-refractivity contribution in [3.8, 4) is 0 Å². The van der Waals surface area contributed by atoms with Crippen molar-refractivity contribution in [3.05, 3.63) is 0 Å². The van der Waals surface area contributed by atoms with E-state index in [1.165, 1.54) is 0 Å². The zero-order chi connectivity index (χ0) is 11.4. The third kappa shape index (κ3) is 3.18. The third-order valence-electron chi connectivity index (χ3n) is 1.53. The molecule has 86 valence electrons. The van der Waals surface area contributed by atoms with Crippen molar-refractivity contribution in [2.45, 2.75) is 30.4 Å². The highest BCUT2D eigenvalue weighted by Crippen LogP contribution is 2.39. The van der Waals surface area contributed by atoms with E-state index in [9.17, 15) is 26.3 Å². The summed E-state index contributed by atoms with van der Waals surface area (Å²) in [6.07, 6.45) is -1.71. The fourth-order valence-corrected chi connectivity index (χ4v) is 1.07. The highest BCUT2D eigenvalue weighted by atomic mass is 32.2. The standard InChI is InChI=1S/C6H10F4O3S/c7-5(8,3-1-2-4-11)6(9,10)14(12)13/h11H,1-4H2,(H,12,13)/p-1. The SMILES string of the molecule is O=S([O-])C(F)(F)C(F)(F)CCCCO. The van der Waals surface area contributed by atoms with Crippen LogP contribution in [0.15, 0.2) is 0 Å². The van der Waals surface area contributed by atoms with Gasteiger partial charge in [0.15, 0.2) is 0 Å². The van der Waals surface area contributed by atoms with E-state index in [4.69, 9.17) is 5.11 Å². The molecule has 0 aromatic carbocycles. The van der Waals surface area contributed by atoms with Crippen molar-refractivity contribution in [2.75, 3.05) is 6.61 Å². The Bertz CT molecular complexity index is 209. The topological polar surface area (TPSA) is 60.4 Å². The van der Waals surface area contributed by atoms with Crippen molar-refractivity contribution in [3.63, 3.8) is 0 Å². The Morgan fingerprint density at radius 1 is 1.21 bits per heavy atom. The van der Waals surface area contributed by atoms with E-state index in [0.717, 1.165) is 0 Å². The minimum Gasteiger partial charge on any atom is -0.768 e. The van der Waals surface area contributed by atoms with E-state index in [2.05, 4.69) is 0 Å². The number of alkyl halides is 4. The van der Waals surface area contributed by atoms with Gasteiger partial charge in [0.1, 0.15) is 0 Å². The minimum atomic E-state index is -5.05. The van der Waals surface area contributed by atoms with Gasteiger partial charge < -0.3 is 9.66 Å². The zero-order valence-corrected chi connectivity index (χ0v) is 7.83. The predicted octanol–water partition coefficient (Wildman–Crippen LogP) is 1.26. The monoisotopic (exact) mass is 237 g/mol. The van der Waals surface area contributed by atoms with Gasteiger partial charge in [-0.2, -0.15) is 17.6 Å². The minimum absolute atomic E-state index is 0.0723. The highest BCUT2D eigenvalue weighted by molar-refractivity contribution is 7.80. The lowest BCUT2D eigenvalue weighted by Crippen LogP contribution is -2.43. The molecule has 14 heavy (non-hydrogen) atoms. The molecule has 0 aromatic heterocycles. The summed E-state index contributed by atoms with van der Waals surface area (Å²) in [5.41, 5.74) is 0. The molecule has 0 aliphatic carbocycles. The molecule has 0 aliphatic heterocycles. The molecule has 8 heteroatoms. The summed E-state index contributed by atoms with van der Waals surface area (Å²) < 4.78 is 69.4. The van der Waals surface area contributed by atoms with E-state index >= 15 is 0 Å². The first-order valence-corrected chi connectivity index (χ1v) is 4.79. The van der Waals surface area contributed by atoms with Crippen LogP contribution in [0, 0.1) is 0 Å². The predicted molar refractivity (Wildman–Crippen MR) is 39.8 cm³/mol. The van der Waals surface area contributed by atoms with Gasteiger partial charge in [-0.25, -0.2) is 0 Å². The van der Waals surface area contributed by atoms with Crippen molar-refractivity contribution < 1.29 is 31.4 Å². The Balaban J connectivity index is 4.36. The molecule has 0 fully saturated rings. The molecule has 0 rings (SSSR count). The normalized spacial score (nSPS) is 15.6. The van der Waals surface area contributed by atoms with Crippen LogP contribution >= 0.6 is 0 Å². The molecule has 1 N–H and O–H groups in total. The molecular formula is C6H9F4O3S-. The van der Waals surface area contributed by atoms with Crippen LogP contribution in [0.2, 0.25) is 0 Å². The first-order chi connectivity index (χ1) is 6.25. The van der Waals surface area contributed by atoms with Gasteiger partial charge in [0.2, 0.25) is 0 Å². The third-order valence-corrected chi connectivity index (χ3v) is 2.25. The van der Waals surface area contributed by atoms with Crippen molar-refractivity contribution in [2.24, 2.45) is 0 Å². The molecule has 0 amide bonds. The van der Waals surface area contributed by atoms with Crippen LogP contribution < -0.4 is 0 Å². The Labute approximate surface area is 80.4 Å². The molecule has 0 aromatic rings. The Hall–Kier alpha value is -0.210. The Kier molecular flexibility index (Phi) is 4.96. The van der Waals surface area contributed by atoms with E-state index in [-0.39, 0.29) is 12.8 Å². The van der Waals surface area contributed by atoms with Crippen LogP contribution in [0.4, 0.5) is 17.6 Å². The van der Waals surface area contributed by atoms with E-state index in [0.29, 0.717) is 0 Å². The Morgan fingerprint density at radius 2 is 1.71 bits per heavy atom. The summed E-state index contributed by atoms with van der Waals surface area (Å²) in [6.45, 7) is -0.401. The second-order valence-corrected chi connectivity index (χ2v) is 3.62. The lowest BCUT2D eigenvalue weighted by atomic mass is 10.1. The summed E-state index contributed by atoms with van der Waals surface area (Å²) in [5.74, 6) is -4.59. The van der Waals surface area contributed by atoms with Gasteiger partial charge in [-0.15, -0.1) is 0 Å². The molecule has 1 atom stereocenters. The molecule has 0 saturated heterocycles. The van der Waals surface area contributed by atoms with Gasteiger partial charge in [0.25, 0.3) is 0 Å². The Morgan fingerprint density at radius 3 is 2.07 bits per heavy atom. The molecule has 0 bridgehead atoms. The molecule has 0 saturated carbocycles. The van der Waals surface area contributed by atoms with Crippen LogP contribution in [0.25, 0.3) is 0 Å². The molecule has 3 nitrogen and oxygen atoms in total. The number of aliphatic hydroxyl groups excluding tert-OH is 1. The summed E-state index contributed by atoms with van der Waals surface area (Å²) in [7, 11) is 0. The molecular weight excluding hydrogens is 228 g/mol. The van der Waals surface area contributed by atoms with Gasteiger partial charge in [0, 0.05) is 24.1 Å². The summed E-state index contributed by atoms with van der Waals surface area (Å²) in [6, 6.07) is 0. The van der Waals surface area contributed by atoms with Crippen molar-refractivity contribution >= 4 is 11.1 Å². The highest BCUT2D eigenvalue weighted by Gasteiger charge is 2.56. The molecule has 0 aliphatic rings. The van der Waals surface area contributed by atoms with Gasteiger partial charge >= 0.3 is 11.2 Å². The van der Waals surface area contributed by atoms with Gasteiger partial charge in [-0.05, 0) is 12.8 Å². The number of unbranched alkanes of at least 4 members (excludes halogenated alkanes) is 1. The van der Waals surface area contributed by atoms with Crippen LogP contribution in [-0.2, 0) is 11.1 Å². The first-order valence-electron chi connectivity index (χ1n) is 3.71. The molecule has 0 spiro atoms. The van der Waals surface area contributed by atoms with Crippen LogP contribution in [0.3, 0.4) is 0 Å². The van der Waals surface area contributed by atoms with Crippen molar-refractivity contribution in [1.29, 1.82) is 0 Å². The largest absolute Gasteiger partial charge is 0.768 e. The fraction of sp³-hybridized carbons (Fsp3) is 1.00. The average Bonchev–Trinajstić information content (AvgIpc) is 2.04. The smallest absolute Gasteiger partial charge is 0.371 e. The molecule has 0 radical (unpaired) electrons. The van der Waals surface area contributed by atoms with Crippen LogP contribution in [0.1, 0.15) is 19.3 Å². The average molecular weight is 237 g/mol. The van der Waals surface area contributed by atoms with Gasteiger partial charge in [-0.3, -0.25) is 4.21 Å². The van der Waals surface area contributed by atoms with Crippen LogP contribution in [-0.4, -0.2) is 31.7 Å². The second kappa shape index (κ2) is 5.04. The lowest BCUT2D eigenvalue weighted by Gasteiger charge is -2.27. The number of hydrogen-bond donors (Lipinski definition) is 1. The van der Waals surface area contributed by atoms with Gasteiger partial charge in [-0.1, -0.05) is 0 Å². The lowest BCUT2D eigenvalue weighted by molar-refractivity contribution is -0.162.